The van der Waals surface area contributed by atoms with Crippen molar-refractivity contribution in [1.29, 1.82) is 0 Å². The first-order valence-corrected chi connectivity index (χ1v) is 7.27. The second-order valence-electron chi connectivity index (χ2n) is 5.43. The molecule has 0 saturated carbocycles. The molecule has 1 aromatic carbocycles. The third-order valence-electron chi connectivity index (χ3n) is 4.06. The van der Waals surface area contributed by atoms with Crippen molar-refractivity contribution in [2.24, 2.45) is 0 Å². The highest BCUT2D eigenvalue weighted by atomic mass is 16.5. The summed E-state index contributed by atoms with van der Waals surface area (Å²) in [5.74, 6) is 0.416. The molecule has 3 nitrogen and oxygen atoms in total. The van der Waals surface area contributed by atoms with Gasteiger partial charge in [-0.2, -0.15) is 0 Å². The topological polar surface area (TPSA) is 32.7 Å². The summed E-state index contributed by atoms with van der Waals surface area (Å²) in [5, 5.41) is 10.1. The summed E-state index contributed by atoms with van der Waals surface area (Å²) in [6, 6.07) is 6.23. The average Bonchev–Trinajstić information content (AvgIpc) is 2.39. The lowest BCUT2D eigenvalue weighted by molar-refractivity contribution is 0.00536. The van der Waals surface area contributed by atoms with Crippen molar-refractivity contribution in [1.82, 2.24) is 4.90 Å². The summed E-state index contributed by atoms with van der Waals surface area (Å²) in [4.78, 5) is 2.43. The van der Waals surface area contributed by atoms with E-state index in [0.29, 0.717) is 11.9 Å². The predicted molar refractivity (Wildman–Crippen MR) is 77.5 cm³/mol. The van der Waals surface area contributed by atoms with Crippen LogP contribution in [0.4, 0.5) is 0 Å². The number of aromatic hydroxyl groups is 1. The molecule has 0 aliphatic carbocycles. The molecule has 19 heavy (non-hydrogen) atoms. The number of nitrogens with zero attached hydrogens (tertiary/aromatic N) is 1. The van der Waals surface area contributed by atoms with Crippen molar-refractivity contribution < 1.29 is 9.84 Å². The fourth-order valence-corrected chi connectivity index (χ4v) is 2.87. The molecule has 0 radical (unpaired) electrons. The Morgan fingerprint density at radius 3 is 2.63 bits per heavy atom. The second kappa shape index (κ2) is 6.40. The van der Waals surface area contributed by atoms with Crippen molar-refractivity contribution in [3.8, 4) is 5.75 Å². The molecule has 1 saturated heterocycles. The summed E-state index contributed by atoms with van der Waals surface area (Å²) in [6.07, 6.45) is 2.59. The Balaban J connectivity index is 1.99. The molecule has 1 aromatic rings. The number of hydrogen-bond donors (Lipinski definition) is 1. The Morgan fingerprint density at radius 2 is 2.05 bits per heavy atom. The van der Waals surface area contributed by atoms with Gasteiger partial charge in [0, 0.05) is 31.3 Å². The summed E-state index contributed by atoms with van der Waals surface area (Å²) >= 11 is 0. The lowest BCUT2D eigenvalue weighted by Crippen LogP contribution is -2.38. The Bertz CT molecular complexity index is 411. The van der Waals surface area contributed by atoms with E-state index in [1.165, 1.54) is 0 Å². The summed E-state index contributed by atoms with van der Waals surface area (Å²) in [5.41, 5.74) is 2.13. The lowest BCUT2D eigenvalue weighted by Gasteiger charge is -2.36. The lowest BCUT2D eigenvalue weighted by atomic mass is 10.00. The highest BCUT2D eigenvalue weighted by molar-refractivity contribution is 5.37. The van der Waals surface area contributed by atoms with E-state index in [1.54, 1.807) is 0 Å². The van der Waals surface area contributed by atoms with Crippen LogP contribution in [0.25, 0.3) is 0 Å². The second-order valence-corrected chi connectivity index (χ2v) is 5.43. The number of phenols is 1. The molecular weight excluding hydrogens is 238 g/mol. The maximum Gasteiger partial charge on any atom is 0.120 e. The molecule has 1 atom stereocenters. The zero-order valence-corrected chi connectivity index (χ0v) is 12.2. The molecule has 1 aliphatic rings. The minimum absolute atomic E-state index is 0.267. The molecule has 2 rings (SSSR count). The van der Waals surface area contributed by atoms with Gasteiger partial charge in [0.1, 0.15) is 5.75 Å². The first-order valence-electron chi connectivity index (χ1n) is 7.27. The predicted octanol–water partition coefficient (Wildman–Crippen LogP) is 3.26. The fraction of sp³-hybridized carbons (Fsp3) is 0.625. The highest BCUT2D eigenvalue weighted by Gasteiger charge is 2.24. The van der Waals surface area contributed by atoms with Crippen LogP contribution in [0.1, 0.15) is 43.9 Å². The van der Waals surface area contributed by atoms with Gasteiger partial charge in [-0.1, -0.05) is 12.1 Å². The maximum atomic E-state index is 10.1. The normalized spacial score (nSPS) is 19.5. The fourth-order valence-electron chi connectivity index (χ4n) is 2.87. The molecule has 0 aromatic heterocycles. The third kappa shape index (κ3) is 3.48. The van der Waals surface area contributed by atoms with Gasteiger partial charge in [-0.15, -0.1) is 0 Å². The van der Waals surface area contributed by atoms with Crippen molar-refractivity contribution in [3.05, 3.63) is 29.3 Å². The average molecular weight is 263 g/mol. The number of hydrogen-bond acceptors (Lipinski definition) is 3. The van der Waals surface area contributed by atoms with E-state index >= 15 is 0 Å². The van der Waals surface area contributed by atoms with E-state index in [4.69, 9.17) is 4.74 Å². The minimum atomic E-state index is 0.267. The van der Waals surface area contributed by atoms with Gasteiger partial charge in [0.25, 0.3) is 0 Å². The Morgan fingerprint density at radius 1 is 1.37 bits per heavy atom. The minimum Gasteiger partial charge on any atom is -0.508 e. The van der Waals surface area contributed by atoms with E-state index < -0.39 is 0 Å². The molecule has 0 bridgehead atoms. The number of rotatable bonds is 4. The van der Waals surface area contributed by atoms with E-state index in [2.05, 4.69) is 24.8 Å². The summed E-state index contributed by atoms with van der Waals surface area (Å²) in [6.45, 7) is 9.11. The number of benzene rings is 1. The number of ether oxygens (including phenoxy) is 1. The molecule has 1 unspecified atom stereocenters. The molecule has 106 valence electrons. The number of likely N-dealkylation sites (tertiary alicyclic amines) is 1. The van der Waals surface area contributed by atoms with Crippen molar-refractivity contribution in [2.75, 3.05) is 19.7 Å². The van der Waals surface area contributed by atoms with E-state index in [9.17, 15) is 5.11 Å². The standard InChI is InChI=1S/C16H25NO2/c1-4-19-14-7-9-17(10-8-14)13(3)15-6-5-12(2)11-16(15)18/h5-6,11,13-14,18H,4,7-10H2,1-3H3. The van der Waals surface area contributed by atoms with Crippen molar-refractivity contribution >= 4 is 0 Å². The van der Waals surface area contributed by atoms with Gasteiger partial charge in [0.05, 0.1) is 6.10 Å². The molecule has 0 spiro atoms. The molecule has 1 N–H and O–H groups in total. The number of aryl methyl sites for hydroxylation is 1. The molecule has 1 aliphatic heterocycles. The molecular formula is C16H25NO2. The monoisotopic (exact) mass is 263 g/mol. The quantitative estimate of drug-likeness (QED) is 0.905. The number of phenolic OH excluding ortho intramolecular Hbond substituents is 1. The Labute approximate surface area is 116 Å². The first kappa shape index (κ1) is 14.4. The van der Waals surface area contributed by atoms with E-state index in [1.807, 2.05) is 19.1 Å². The van der Waals surface area contributed by atoms with Crippen LogP contribution in [0, 0.1) is 6.92 Å². The first-order chi connectivity index (χ1) is 9.11. The summed E-state index contributed by atoms with van der Waals surface area (Å²) in [7, 11) is 0. The summed E-state index contributed by atoms with van der Waals surface area (Å²) < 4.78 is 5.68. The molecule has 1 heterocycles. The van der Waals surface area contributed by atoms with Gasteiger partial charge in [-0.3, -0.25) is 4.90 Å². The van der Waals surface area contributed by atoms with Crippen molar-refractivity contribution in [2.45, 2.75) is 45.8 Å². The zero-order valence-electron chi connectivity index (χ0n) is 12.2. The van der Waals surface area contributed by atoms with Crippen LogP contribution < -0.4 is 0 Å². The largest absolute Gasteiger partial charge is 0.508 e. The van der Waals surface area contributed by atoms with E-state index in [-0.39, 0.29) is 6.04 Å². The SMILES string of the molecule is CCOC1CCN(C(C)c2ccc(C)cc2O)CC1. The van der Waals surface area contributed by atoms with Crippen molar-refractivity contribution in [3.63, 3.8) is 0 Å². The van der Waals surface area contributed by atoms with Crippen LogP contribution in [-0.2, 0) is 4.74 Å². The van der Waals surface area contributed by atoms with Gasteiger partial charge in [0.15, 0.2) is 0 Å². The molecule has 1 fully saturated rings. The van der Waals surface area contributed by atoms with Crippen LogP contribution in [-0.4, -0.2) is 35.8 Å². The van der Waals surface area contributed by atoms with E-state index in [0.717, 1.165) is 43.7 Å². The third-order valence-corrected chi connectivity index (χ3v) is 4.06. The smallest absolute Gasteiger partial charge is 0.120 e. The number of piperidine rings is 1. The van der Waals surface area contributed by atoms with Gasteiger partial charge < -0.3 is 9.84 Å². The highest BCUT2D eigenvalue weighted by Crippen LogP contribution is 2.31. The van der Waals surface area contributed by atoms with Crippen LogP contribution in [0.2, 0.25) is 0 Å². The van der Waals surface area contributed by atoms with Crippen LogP contribution in [0.5, 0.6) is 5.75 Å². The maximum absolute atomic E-state index is 10.1. The van der Waals surface area contributed by atoms with Crippen LogP contribution >= 0.6 is 0 Å². The van der Waals surface area contributed by atoms with Gasteiger partial charge >= 0.3 is 0 Å². The molecule has 3 heteroatoms. The Kier molecular flexibility index (Phi) is 4.83. The van der Waals surface area contributed by atoms with Gasteiger partial charge in [-0.25, -0.2) is 0 Å². The zero-order chi connectivity index (χ0) is 13.8. The van der Waals surface area contributed by atoms with Crippen LogP contribution in [0.3, 0.4) is 0 Å². The Hall–Kier alpha value is -1.06. The van der Waals surface area contributed by atoms with Crippen LogP contribution in [0.15, 0.2) is 18.2 Å². The van der Waals surface area contributed by atoms with Gasteiger partial charge in [0.2, 0.25) is 0 Å². The van der Waals surface area contributed by atoms with Gasteiger partial charge in [-0.05, 0) is 45.2 Å². The molecule has 0 amide bonds.